The van der Waals surface area contributed by atoms with E-state index in [0.29, 0.717) is 0 Å². The minimum absolute atomic E-state index is 0.168. The Balaban J connectivity index is 0.000000444. The van der Waals surface area contributed by atoms with Gasteiger partial charge in [0.05, 0.1) is 0 Å². The van der Waals surface area contributed by atoms with Crippen molar-refractivity contribution in [2.24, 2.45) is 11.7 Å². The summed E-state index contributed by atoms with van der Waals surface area (Å²) in [6.45, 7) is 6.67. The Morgan fingerprint density at radius 1 is 0.850 bits per heavy atom. The van der Waals surface area contributed by atoms with Crippen LogP contribution in [0.2, 0.25) is 0 Å². The second-order valence-electron chi connectivity index (χ2n) is 5.53. The Kier molecular flexibility index (Phi) is 6.43. The molecule has 2 aromatic carbocycles. The fourth-order valence-electron chi connectivity index (χ4n) is 1.83. The predicted octanol–water partition coefficient (Wildman–Crippen LogP) is 3.54. The van der Waals surface area contributed by atoms with Crippen molar-refractivity contribution < 1.29 is 5.11 Å². The molecule has 0 saturated heterocycles. The van der Waals surface area contributed by atoms with Gasteiger partial charge in [0.25, 0.3) is 0 Å². The van der Waals surface area contributed by atoms with Crippen molar-refractivity contribution in [1.29, 1.82) is 0 Å². The summed E-state index contributed by atoms with van der Waals surface area (Å²) in [7, 11) is 0. The lowest BCUT2D eigenvalue weighted by atomic mass is 9.86. The molecule has 0 fully saturated rings. The van der Waals surface area contributed by atoms with Crippen molar-refractivity contribution in [3.8, 4) is 0 Å². The van der Waals surface area contributed by atoms with Gasteiger partial charge in [-0.3, -0.25) is 0 Å². The van der Waals surface area contributed by atoms with E-state index >= 15 is 0 Å². The first-order valence-corrected chi connectivity index (χ1v) is 7.04. The summed E-state index contributed by atoms with van der Waals surface area (Å²) < 4.78 is 0. The molecule has 0 aliphatic rings. The van der Waals surface area contributed by atoms with Crippen LogP contribution in [0, 0.1) is 5.92 Å². The lowest BCUT2D eigenvalue weighted by molar-refractivity contribution is 0.0902. The van der Waals surface area contributed by atoms with Crippen LogP contribution >= 0.6 is 0 Å². The first kappa shape index (κ1) is 16.4. The third-order valence-corrected chi connectivity index (χ3v) is 2.80. The first-order valence-electron chi connectivity index (χ1n) is 7.04. The second-order valence-corrected chi connectivity index (χ2v) is 5.53. The van der Waals surface area contributed by atoms with Crippen molar-refractivity contribution in [2.75, 3.05) is 6.54 Å². The molecule has 0 aliphatic heterocycles. The van der Waals surface area contributed by atoms with E-state index in [2.05, 4.69) is 20.8 Å². The van der Waals surface area contributed by atoms with E-state index < -0.39 is 5.60 Å². The Morgan fingerprint density at radius 2 is 1.15 bits per heavy atom. The van der Waals surface area contributed by atoms with Gasteiger partial charge in [-0.1, -0.05) is 81.4 Å². The van der Waals surface area contributed by atoms with Gasteiger partial charge in [-0.05, 0) is 17.0 Å². The van der Waals surface area contributed by atoms with E-state index in [1.165, 1.54) is 0 Å². The topological polar surface area (TPSA) is 46.2 Å². The predicted molar refractivity (Wildman–Crippen MR) is 85.4 cm³/mol. The SMILES string of the molecule is CC(C)C.NCC(O)(c1ccccc1)c1ccccc1. The lowest BCUT2D eigenvalue weighted by Crippen LogP contribution is -2.35. The zero-order chi connectivity index (χ0) is 15.0. The van der Waals surface area contributed by atoms with Gasteiger partial charge >= 0.3 is 0 Å². The zero-order valence-electron chi connectivity index (χ0n) is 12.6. The summed E-state index contributed by atoms with van der Waals surface area (Å²) in [5.41, 5.74) is 6.27. The van der Waals surface area contributed by atoms with E-state index in [4.69, 9.17) is 5.73 Å². The molecule has 0 atom stereocenters. The summed E-state index contributed by atoms with van der Waals surface area (Å²) in [5.74, 6) is 0.833. The summed E-state index contributed by atoms with van der Waals surface area (Å²) in [6, 6.07) is 19.0. The molecule has 0 radical (unpaired) electrons. The molecule has 0 unspecified atom stereocenters. The largest absolute Gasteiger partial charge is 0.379 e. The van der Waals surface area contributed by atoms with Crippen molar-refractivity contribution in [3.05, 3.63) is 71.8 Å². The molecule has 0 bridgehead atoms. The molecular weight excluding hydrogens is 246 g/mol. The van der Waals surface area contributed by atoms with Crippen LogP contribution in [0.3, 0.4) is 0 Å². The molecule has 2 heteroatoms. The van der Waals surface area contributed by atoms with Crippen LogP contribution in [0.1, 0.15) is 31.9 Å². The highest BCUT2D eigenvalue weighted by Crippen LogP contribution is 2.27. The van der Waals surface area contributed by atoms with Crippen molar-refractivity contribution in [2.45, 2.75) is 26.4 Å². The van der Waals surface area contributed by atoms with Crippen LogP contribution < -0.4 is 5.73 Å². The number of hydrogen-bond donors (Lipinski definition) is 2. The van der Waals surface area contributed by atoms with Crippen LogP contribution in [0.25, 0.3) is 0 Å². The van der Waals surface area contributed by atoms with E-state index in [0.717, 1.165) is 17.0 Å². The highest BCUT2D eigenvalue weighted by Gasteiger charge is 2.29. The fraction of sp³-hybridized carbons (Fsp3) is 0.333. The number of nitrogens with two attached hydrogens (primary N) is 1. The van der Waals surface area contributed by atoms with Crippen molar-refractivity contribution in [3.63, 3.8) is 0 Å². The van der Waals surface area contributed by atoms with E-state index in [9.17, 15) is 5.11 Å². The maximum absolute atomic E-state index is 10.6. The molecule has 2 aromatic rings. The van der Waals surface area contributed by atoms with Gasteiger partial charge in [-0.15, -0.1) is 0 Å². The molecule has 0 spiro atoms. The second kappa shape index (κ2) is 7.83. The molecule has 20 heavy (non-hydrogen) atoms. The monoisotopic (exact) mass is 271 g/mol. The van der Waals surface area contributed by atoms with Crippen LogP contribution in [0.5, 0.6) is 0 Å². The van der Waals surface area contributed by atoms with E-state index in [-0.39, 0.29) is 6.54 Å². The van der Waals surface area contributed by atoms with Gasteiger partial charge in [0.15, 0.2) is 0 Å². The Morgan fingerprint density at radius 3 is 1.40 bits per heavy atom. The molecule has 2 rings (SSSR count). The fourth-order valence-corrected chi connectivity index (χ4v) is 1.83. The van der Waals surface area contributed by atoms with Gasteiger partial charge in [-0.2, -0.15) is 0 Å². The molecule has 0 amide bonds. The van der Waals surface area contributed by atoms with E-state index in [1.807, 2.05) is 60.7 Å². The Labute approximate surface area is 122 Å². The summed E-state index contributed by atoms with van der Waals surface area (Å²) >= 11 is 0. The molecule has 0 aliphatic carbocycles. The third kappa shape index (κ3) is 4.48. The van der Waals surface area contributed by atoms with Crippen LogP contribution in [-0.2, 0) is 5.60 Å². The minimum atomic E-state index is -1.09. The van der Waals surface area contributed by atoms with Crippen molar-refractivity contribution >= 4 is 0 Å². The molecule has 108 valence electrons. The zero-order valence-corrected chi connectivity index (χ0v) is 12.6. The summed E-state index contributed by atoms with van der Waals surface area (Å²) in [5, 5.41) is 10.6. The molecule has 0 heterocycles. The average Bonchev–Trinajstić information content (AvgIpc) is 2.48. The van der Waals surface area contributed by atoms with Crippen molar-refractivity contribution in [1.82, 2.24) is 0 Å². The Bertz CT molecular complexity index is 437. The molecule has 3 N–H and O–H groups in total. The van der Waals surface area contributed by atoms with Gasteiger partial charge in [0.2, 0.25) is 0 Å². The number of aliphatic hydroxyl groups is 1. The molecule has 2 nitrogen and oxygen atoms in total. The normalized spacial score (nSPS) is 10.9. The van der Waals surface area contributed by atoms with E-state index in [1.54, 1.807) is 0 Å². The number of hydrogen-bond acceptors (Lipinski definition) is 2. The first-order chi connectivity index (χ1) is 9.50. The average molecular weight is 271 g/mol. The lowest BCUT2D eigenvalue weighted by Gasteiger charge is -2.27. The molecular formula is C18H25NO. The maximum atomic E-state index is 10.6. The van der Waals surface area contributed by atoms with Gasteiger partial charge in [0, 0.05) is 6.54 Å². The Hall–Kier alpha value is -1.64. The maximum Gasteiger partial charge on any atom is 0.127 e. The minimum Gasteiger partial charge on any atom is -0.379 e. The highest BCUT2D eigenvalue weighted by molar-refractivity contribution is 5.36. The summed E-state index contributed by atoms with van der Waals surface area (Å²) in [4.78, 5) is 0. The number of rotatable bonds is 3. The van der Waals surface area contributed by atoms with Gasteiger partial charge < -0.3 is 10.8 Å². The standard InChI is InChI=1S/C14H15NO.C4H10/c15-11-14(16,12-7-3-1-4-8-12)13-9-5-2-6-10-13;1-4(2)3/h1-10,16H,11,15H2;4H,1-3H3. The van der Waals surface area contributed by atoms with Gasteiger partial charge in [0.1, 0.15) is 5.60 Å². The molecule has 0 saturated carbocycles. The van der Waals surface area contributed by atoms with Gasteiger partial charge in [-0.25, -0.2) is 0 Å². The van der Waals surface area contributed by atoms with Crippen LogP contribution in [0.15, 0.2) is 60.7 Å². The molecule has 0 aromatic heterocycles. The smallest absolute Gasteiger partial charge is 0.127 e. The van der Waals surface area contributed by atoms with Crippen LogP contribution in [0.4, 0.5) is 0 Å². The number of benzene rings is 2. The van der Waals surface area contributed by atoms with Crippen LogP contribution in [-0.4, -0.2) is 11.7 Å². The quantitative estimate of drug-likeness (QED) is 0.897. The third-order valence-electron chi connectivity index (χ3n) is 2.80. The summed E-state index contributed by atoms with van der Waals surface area (Å²) in [6.07, 6.45) is 0. The highest BCUT2D eigenvalue weighted by atomic mass is 16.3.